The van der Waals surface area contributed by atoms with Gasteiger partial charge in [-0.05, 0) is 75.6 Å². The van der Waals surface area contributed by atoms with Crippen molar-refractivity contribution in [3.63, 3.8) is 0 Å². The van der Waals surface area contributed by atoms with E-state index >= 15 is 0 Å². The number of hydrogen-bond acceptors (Lipinski definition) is 6. The molecule has 0 aliphatic carbocycles. The normalized spacial score (nSPS) is 15.8. The summed E-state index contributed by atoms with van der Waals surface area (Å²) in [7, 11) is 0. The van der Waals surface area contributed by atoms with Crippen molar-refractivity contribution < 1.29 is 19.2 Å². The summed E-state index contributed by atoms with van der Waals surface area (Å²) in [4.78, 5) is 14.2. The van der Waals surface area contributed by atoms with Crippen LogP contribution in [0.5, 0.6) is 5.75 Å². The van der Waals surface area contributed by atoms with Gasteiger partial charge in [0.15, 0.2) is 5.78 Å². The molecule has 6 nitrogen and oxygen atoms in total. The zero-order chi connectivity index (χ0) is 19.8. The van der Waals surface area contributed by atoms with Crippen molar-refractivity contribution in [2.75, 3.05) is 26.2 Å². The second kappa shape index (κ2) is 10.3. The van der Waals surface area contributed by atoms with E-state index in [0.29, 0.717) is 17.9 Å². The Morgan fingerprint density at radius 1 is 1.14 bits per heavy atom. The number of Topliss-reactive ketones (excluding diaryl/α,β-unsaturated/α-hetero) is 1. The van der Waals surface area contributed by atoms with Crippen molar-refractivity contribution in [1.29, 1.82) is 0 Å². The number of carbonyl (C=O) groups excluding carboxylic acids is 1. The predicted octanol–water partition coefficient (Wildman–Crippen LogP) is 4.35. The van der Waals surface area contributed by atoms with Crippen molar-refractivity contribution in [2.24, 2.45) is 5.16 Å². The van der Waals surface area contributed by atoms with Crippen molar-refractivity contribution in [3.8, 4) is 5.75 Å². The van der Waals surface area contributed by atoms with Gasteiger partial charge in [0.05, 0.1) is 12.2 Å². The third-order valence-corrected chi connectivity index (χ3v) is 5.28. The van der Waals surface area contributed by atoms with Crippen molar-refractivity contribution in [3.05, 3.63) is 35.4 Å². The van der Waals surface area contributed by atoms with Crippen LogP contribution in [0.3, 0.4) is 0 Å². The Morgan fingerprint density at radius 3 is 2.68 bits per heavy atom. The van der Waals surface area contributed by atoms with Crippen molar-refractivity contribution in [1.82, 2.24) is 4.90 Å². The molecule has 0 saturated carbocycles. The van der Waals surface area contributed by atoms with E-state index in [1.807, 2.05) is 12.1 Å². The molecule has 1 fully saturated rings. The van der Waals surface area contributed by atoms with Crippen LogP contribution in [0.15, 0.2) is 33.8 Å². The molecule has 0 amide bonds. The SMILES string of the molecule is CC(=O)c1cc2ccc(OCCCCCCN3CCCCC3)cc2oc1=NO. The van der Waals surface area contributed by atoms with E-state index in [1.54, 1.807) is 12.1 Å². The van der Waals surface area contributed by atoms with Crippen LogP contribution < -0.4 is 10.3 Å². The quantitative estimate of drug-likeness (QED) is 0.300. The summed E-state index contributed by atoms with van der Waals surface area (Å²) in [6.07, 6.45) is 8.80. The van der Waals surface area contributed by atoms with Gasteiger partial charge in [-0.15, -0.1) is 0 Å². The molecule has 0 spiro atoms. The molecular weight excluding hydrogens is 356 g/mol. The Balaban J connectivity index is 1.44. The third kappa shape index (κ3) is 5.58. The van der Waals surface area contributed by atoms with Gasteiger partial charge in [-0.2, -0.15) is 0 Å². The minimum Gasteiger partial charge on any atom is -0.493 e. The summed E-state index contributed by atoms with van der Waals surface area (Å²) >= 11 is 0. The number of fused-ring (bicyclic) bond motifs is 1. The van der Waals surface area contributed by atoms with E-state index in [4.69, 9.17) is 14.4 Å². The van der Waals surface area contributed by atoms with E-state index in [1.165, 1.54) is 65.1 Å². The molecule has 2 aromatic rings. The molecule has 0 atom stereocenters. The number of nitrogens with zero attached hydrogens (tertiary/aromatic N) is 2. The fraction of sp³-hybridized carbons (Fsp3) is 0.545. The minimum absolute atomic E-state index is 0.0779. The number of hydrogen-bond donors (Lipinski definition) is 1. The Morgan fingerprint density at radius 2 is 1.93 bits per heavy atom. The van der Waals surface area contributed by atoms with Crippen molar-refractivity contribution >= 4 is 16.8 Å². The summed E-state index contributed by atoms with van der Waals surface area (Å²) in [6, 6.07) is 7.15. The summed E-state index contributed by atoms with van der Waals surface area (Å²) in [5, 5.41) is 12.9. The van der Waals surface area contributed by atoms with Gasteiger partial charge in [-0.25, -0.2) is 0 Å². The lowest BCUT2D eigenvalue weighted by Crippen LogP contribution is -2.30. The molecule has 2 heterocycles. The maximum absolute atomic E-state index is 11.6. The topological polar surface area (TPSA) is 75.3 Å². The largest absolute Gasteiger partial charge is 0.493 e. The van der Waals surface area contributed by atoms with Gasteiger partial charge in [-0.3, -0.25) is 4.79 Å². The van der Waals surface area contributed by atoms with Crippen LogP contribution in [0, 0.1) is 0 Å². The summed E-state index contributed by atoms with van der Waals surface area (Å²) in [5.41, 5.74) is 0.705. The van der Waals surface area contributed by atoms with Gasteiger partial charge in [0.25, 0.3) is 5.55 Å². The molecule has 0 bridgehead atoms. The number of likely N-dealkylation sites (tertiary alicyclic amines) is 1. The van der Waals surface area contributed by atoms with Crippen LogP contribution in [0.4, 0.5) is 0 Å². The maximum Gasteiger partial charge on any atom is 0.266 e. The van der Waals surface area contributed by atoms with Crippen LogP contribution in [0.1, 0.15) is 62.2 Å². The number of benzene rings is 1. The molecule has 6 heteroatoms. The first-order valence-electron chi connectivity index (χ1n) is 10.3. The maximum atomic E-state index is 11.6. The second-order valence-electron chi connectivity index (χ2n) is 7.49. The Hall–Kier alpha value is -2.34. The molecule has 0 radical (unpaired) electrons. The Labute approximate surface area is 165 Å². The second-order valence-corrected chi connectivity index (χ2v) is 7.49. The van der Waals surface area contributed by atoms with Gasteiger partial charge in [0.2, 0.25) is 0 Å². The molecule has 1 aromatic carbocycles. The average molecular weight is 386 g/mol. The molecule has 1 saturated heterocycles. The number of carbonyl (C=O) groups is 1. The van der Waals surface area contributed by atoms with Crippen LogP contribution in [-0.2, 0) is 0 Å². The van der Waals surface area contributed by atoms with E-state index in [2.05, 4.69) is 10.1 Å². The van der Waals surface area contributed by atoms with Crippen LogP contribution in [-0.4, -0.2) is 42.1 Å². The van der Waals surface area contributed by atoms with E-state index in [-0.39, 0.29) is 16.9 Å². The number of rotatable bonds is 9. The van der Waals surface area contributed by atoms with Crippen LogP contribution in [0.2, 0.25) is 0 Å². The third-order valence-electron chi connectivity index (χ3n) is 5.28. The molecule has 1 aliphatic rings. The summed E-state index contributed by atoms with van der Waals surface area (Å²) in [5.74, 6) is 0.503. The lowest BCUT2D eigenvalue weighted by Gasteiger charge is -2.26. The molecule has 0 unspecified atom stereocenters. The monoisotopic (exact) mass is 386 g/mol. The minimum atomic E-state index is -0.209. The van der Waals surface area contributed by atoms with Gasteiger partial charge < -0.3 is 19.3 Å². The first kappa shape index (κ1) is 20.4. The summed E-state index contributed by atoms with van der Waals surface area (Å²) in [6.45, 7) is 5.85. The standard InChI is InChI=1S/C22H30N2O4/c1-17(25)20-15-18-9-10-19(16-21(18)28-22(20)23-26)27-14-8-3-2-5-11-24-12-6-4-7-13-24/h9-10,15-16,26H,2-8,11-14H2,1H3. The Kier molecular flexibility index (Phi) is 7.48. The first-order chi connectivity index (χ1) is 13.7. The highest BCUT2D eigenvalue weighted by Crippen LogP contribution is 2.21. The lowest BCUT2D eigenvalue weighted by atomic mass is 10.1. The van der Waals surface area contributed by atoms with Gasteiger partial charge >= 0.3 is 0 Å². The van der Waals surface area contributed by atoms with Gasteiger partial charge in [-0.1, -0.05) is 19.3 Å². The molecule has 1 aromatic heterocycles. The van der Waals surface area contributed by atoms with E-state index < -0.39 is 0 Å². The smallest absolute Gasteiger partial charge is 0.266 e. The highest BCUT2D eigenvalue weighted by molar-refractivity contribution is 5.96. The number of ether oxygens (including phenoxy) is 1. The van der Waals surface area contributed by atoms with E-state index in [9.17, 15) is 4.79 Å². The number of ketones is 1. The lowest BCUT2D eigenvalue weighted by molar-refractivity contribution is 0.101. The van der Waals surface area contributed by atoms with Crippen LogP contribution in [0.25, 0.3) is 11.0 Å². The van der Waals surface area contributed by atoms with Gasteiger partial charge in [0, 0.05) is 11.5 Å². The molecule has 1 N–H and O–H groups in total. The van der Waals surface area contributed by atoms with Gasteiger partial charge in [0.1, 0.15) is 11.3 Å². The predicted molar refractivity (Wildman–Crippen MR) is 108 cm³/mol. The van der Waals surface area contributed by atoms with Crippen LogP contribution >= 0.6 is 0 Å². The zero-order valence-electron chi connectivity index (χ0n) is 16.7. The molecule has 152 valence electrons. The molecule has 28 heavy (non-hydrogen) atoms. The van der Waals surface area contributed by atoms with Crippen molar-refractivity contribution in [2.45, 2.75) is 51.9 Å². The Bertz CT molecular complexity index is 853. The van der Waals surface area contributed by atoms with E-state index in [0.717, 1.165) is 11.8 Å². The number of piperidine rings is 1. The molecule has 3 rings (SSSR count). The molecular formula is C22H30N2O4. The fourth-order valence-corrected chi connectivity index (χ4v) is 3.68. The average Bonchev–Trinajstić information content (AvgIpc) is 2.72. The highest BCUT2D eigenvalue weighted by atomic mass is 16.5. The fourth-order valence-electron chi connectivity index (χ4n) is 3.68. The summed E-state index contributed by atoms with van der Waals surface area (Å²) < 4.78 is 11.4. The highest BCUT2D eigenvalue weighted by Gasteiger charge is 2.10. The zero-order valence-corrected chi connectivity index (χ0v) is 16.7. The first-order valence-corrected chi connectivity index (χ1v) is 10.3. The number of unbranched alkanes of at least 4 members (excludes halogenated alkanes) is 3. The molecule has 1 aliphatic heterocycles.